The highest BCUT2D eigenvalue weighted by Crippen LogP contribution is 2.21. The van der Waals surface area contributed by atoms with Gasteiger partial charge in [0.2, 0.25) is 0 Å². The van der Waals surface area contributed by atoms with Gasteiger partial charge in [-0.15, -0.1) is 0 Å². The van der Waals surface area contributed by atoms with E-state index in [1.807, 2.05) is 13.8 Å². The van der Waals surface area contributed by atoms with E-state index in [0.717, 1.165) is 0 Å². The minimum absolute atomic E-state index is 0.0372. The molecule has 0 aliphatic heterocycles. The fraction of sp³-hybridized carbons (Fsp3) is 0.500. The summed E-state index contributed by atoms with van der Waals surface area (Å²) >= 11 is 5.64. The molecule has 0 bridgehead atoms. The lowest BCUT2D eigenvalue weighted by molar-refractivity contribution is -0.145. The summed E-state index contributed by atoms with van der Waals surface area (Å²) in [5.74, 6) is -0.584. The minimum Gasteiger partial charge on any atom is -0.465 e. The van der Waals surface area contributed by atoms with Crippen LogP contribution in [0.4, 0.5) is 4.39 Å². The van der Waals surface area contributed by atoms with Crippen LogP contribution in [0, 0.1) is 11.7 Å². The third-order valence-electron chi connectivity index (χ3n) is 2.53. The molecule has 5 heteroatoms. The molecule has 0 aliphatic rings. The van der Waals surface area contributed by atoms with Gasteiger partial charge >= 0.3 is 5.97 Å². The molecule has 3 nitrogen and oxygen atoms in total. The largest absolute Gasteiger partial charge is 0.465 e. The molecular weight excluding hydrogens is 269 g/mol. The van der Waals surface area contributed by atoms with Gasteiger partial charge in [-0.1, -0.05) is 31.5 Å². The average molecular weight is 288 g/mol. The third-order valence-corrected chi connectivity index (χ3v) is 2.84. The van der Waals surface area contributed by atoms with Gasteiger partial charge in [-0.2, -0.15) is 0 Å². The number of esters is 1. The van der Waals surface area contributed by atoms with Gasteiger partial charge in [0.15, 0.2) is 0 Å². The Morgan fingerprint density at radius 1 is 1.47 bits per heavy atom. The first-order valence-electron chi connectivity index (χ1n) is 6.30. The number of hydrogen-bond acceptors (Lipinski definition) is 3. The molecule has 19 heavy (non-hydrogen) atoms. The summed E-state index contributed by atoms with van der Waals surface area (Å²) in [4.78, 5) is 11.9. The number of ether oxygens (including phenoxy) is 1. The van der Waals surface area contributed by atoms with Crippen LogP contribution in [0.15, 0.2) is 18.2 Å². The zero-order valence-corrected chi connectivity index (χ0v) is 12.1. The third kappa shape index (κ3) is 4.80. The van der Waals surface area contributed by atoms with Gasteiger partial charge in [0.25, 0.3) is 0 Å². The highest BCUT2D eigenvalue weighted by molar-refractivity contribution is 6.30. The van der Waals surface area contributed by atoms with Crippen LogP contribution in [0.25, 0.3) is 0 Å². The zero-order chi connectivity index (χ0) is 14.4. The van der Waals surface area contributed by atoms with Crippen molar-refractivity contribution in [3.05, 3.63) is 34.6 Å². The Balaban J connectivity index is 2.93. The van der Waals surface area contributed by atoms with E-state index in [4.69, 9.17) is 16.3 Å². The molecule has 0 heterocycles. The van der Waals surface area contributed by atoms with E-state index in [1.54, 1.807) is 13.0 Å². The van der Waals surface area contributed by atoms with E-state index in [1.165, 1.54) is 12.1 Å². The highest BCUT2D eigenvalue weighted by atomic mass is 35.5. The van der Waals surface area contributed by atoms with Gasteiger partial charge in [-0.3, -0.25) is 0 Å². The van der Waals surface area contributed by atoms with Crippen molar-refractivity contribution in [2.45, 2.75) is 26.8 Å². The van der Waals surface area contributed by atoms with E-state index in [-0.39, 0.29) is 11.6 Å². The number of hydrogen-bond donors (Lipinski definition) is 1. The molecule has 0 radical (unpaired) electrons. The van der Waals surface area contributed by atoms with Crippen LogP contribution >= 0.6 is 11.6 Å². The summed E-state index contributed by atoms with van der Waals surface area (Å²) in [6.07, 6.45) is 0. The Kier molecular flexibility index (Phi) is 6.25. The van der Waals surface area contributed by atoms with E-state index in [2.05, 4.69) is 5.32 Å². The number of nitrogens with one attached hydrogen (secondary N) is 1. The number of rotatable bonds is 6. The van der Waals surface area contributed by atoms with E-state index in [0.29, 0.717) is 18.0 Å². The SMILES string of the molecule is CCOC(=O)C(NCC(C)C)c1ccc(Cl)c(F)c1. The molecule has 1 rings (SSSR count). The molecular formula is C14H19ClFNO2. The summed E-state index contributed by atoms with van der Waals surface area (Å²) in [6.45, 7) is 6.71. The number of benzene rings is 1. The second-order valence-electron chi connectivity index (χ2n) is 4.66. The number of halogens is 2. The lowest BCUT2D eigenvalue weighted by Gasteiger charge is -2.19. The first-order valence-corrected chi connectivity index (χ1v) is 6.68. The predicted octanol–water partition coefficient (Wildman–Crippen LogP) is 3.33. The van der Waals surface area contributed by atoms with Gasteiger partial charge in [0, 0.05) is 0 Å². The highest BCUT2D eigenvalue weighted by Gasteiger charge is 2.22. The predicted molar refractivity (Wildman–Crippen MR) is 73.6 cm³/mol. The van der Waals surface area contributed by atoms with Crippen LogP contribution in [0.1, 0.15) is 32.4 Å². The second-order valence-corrected chi connectivity index (χ2v) is 5.07. The van der Waals surface area contributed by atoms with Crippen molar-refractivity contribution in [1.29, 1.82) is 0 Å². The second kappa shape index (κ2) is 7.46. The van der Waals surface area contributed by atoms with Crippen molar-refractivity contribution in [2.24, 2.45) is 5.92 Å². The van der Waals surface area contributed by atoms with E-state index >= 15 is 0 Å². The summed E-state index contributed by atoms with van der Waals surface area (Å²) in [5, 5.41) is 3.12. The Morgan fingerprint density at radius 3 is 2.68 bits per heavy atom. The van der Waals surface area contributed by atoms with Crippen LogP contribution in [0.2, 0.25) is 5.02 Å². The minimum atomic E-state index is -0.672. The van der Waals surface area contributed by atoms with Crippen LogP contribution < -0.4 is 5.32 Å². The lowest BCUT2D eigenvalue weighted by atomic mass is 10.1. The molecule has 0 fully saturated rings. The van der Waals surface area contributed by atoms with Crippen LogP contribution in [-0.2, 0) is 9.53 Å². The Bertz CT molecular complexity index is 437. The maximum atomic E-state index is 13.5. The summed E-state index contributed by atoms with van der Waals surface area (Å²) < 4.78 is 18.5. The molecule has 1 aromatic rings. The monoisotopic (exact) mass is 287 g/mol. The quantitative estimate of drug-likeness (QED) is 0.816. The molecule has 0 spiro atoms. The van der Waals surface area contributed by atoms with Crippen molar-refractivity contribution in [2.75, 3.05) is 13.2 Å². The molecule has 0 amide bonds. The molecule has 106 valence electrons. The molecule has 0 aromatic heterocycles. The Labute approximate surface area is 118 Å². The smallest absolute Gasteiger partial charge is 0.327 e. The van der Waals surface area contributed by atoms with Gasteiger partial charge in [0.05, 0.1) is 11.6 Å². The van der Waals surface area contributed by atoms with Gasteiger partial charge in [0.1, 0.15) is 11.9 Å². The molecule has 1 atom stereocenters. The molecule has 1 aromatic carbocycles. The van der Waals surface area contributed by atoms with Gasteiger partial charge in [-0.25, -0.2) is 9.18 Å². The van der Waals surface area contributed by atoms with Crippen LogP contribution in [-0.4, -0.2) is 19.1 Å². The van der Waals surface area contributed by atoms with E-state index < -0.39 is 17.8 Å². The zero-order valence-electron chi connectivity index (χ0n) is 11.4. The van der Waals surface area contributed by atoms with Crippen molar-refractivity contribution >= 4 is 17.6 Å². The topological polar surface area (TPSA) is 38.3 Å². The first kappa shape index (κ1) is 15.9. The average Bonchev–Trinajstić information content (AvgIpc) is 2.33. The fourth-order valence-electron chi connectivity index (χ4n) is 1.61. The Hall–Kier alpha value is -1.13. The molecule has 1 N–H and O–H groups in total. The summed E-state index contributed by atoms with van der Waals surface area (Å²) in [6, 6.07) is 3.65. The van der Waals surface area contributed by atoms with Crippen LogP contribution in [0.5, 0.6) is 0 Å². The van der Waals surface area contributed by atoms with Crippen molar-refractivity contribution in [1.82, 2.24) is 5.32 Å². The number of carbonyl (C=O) groups excluding carboxylic acids is 1. The van der Waals surface area contributed by atoms with Crippen LogP contribution in [0.3, 0.4) is 0 Å². The normalized spacial score (nSPS) is 12.5. The molecule has 0 aliphatic carbocycles. The lowest BCUT2D eigenvalue weighted by Crippen LogP contribution is -2.32. The molecule has 1 unspecified atom stereocenters. The Morgan fingerprint density at radius 2 is 2.16 bits per heavy atom. The standard InChI is InChI=1S/C14H19ClFNO2/c1-4-19-14(18)13(17-8-9(2)3)10-5-6-11(15)12(16)7-10/h5-7,9,13,17H,4,8H2,1-3H3. The van der Waals surface area contributed by atoms with Crippen molar-refractivity contribution in [3.63, 3.8) is 0 Å². The van der Waals surface area contributed by atoms with Crippen molar-refractivity contribution in [3.8, 4) is 0 Å². The summed E-state index contributed by atoms with van der Waals surface area (Å²) in [5.41, 5.74) is 0.515. The van der Waals surface area contributed by atoms with E-state index in [9.17, 15) is 9.18 Å². The van der Waals surface area contributed by atoms with Crippen molar-refractivity contribution < 1.29 is 13.9 Å². The maximum Gasteiger partial charge on any atom is 0.327 e. The summed E-state index contributed by atoms with van der Waals surface area (Å²) in [7, 11) is 0. The molecule has 0 saturated carbocycles. The first-order chi connectivity index (χ1) is 8.95. The fourth-order valence-corrected chi connectivity index (χ4v) is 1.73. The maximum absolute atomic E-state index is 13.5. The molecule has 0 saturated heterocycles. The van der Waals surface area contributed by atoms with Gasteiger partial charge in [-0.05, 0) is 37.1 Å². The number of carbonyl (C=O) groups is 1. The van der Waals surface area contributed by atoms with Gasteiger partial charge < -0.3 is 10.1 Å².